The highest BCUT2D eigenvalue weighted by Crippen LogP contribution is 2.67. The number of carbonyl (C=O) groups excluding carboxylic acids is 2. The summed E-state index contributed by atoms with van der Waals surface area (Å²) in [6.07, 6.45) is 3.41. The van der Waals surface area contributed by atoms with Gasteiger partial charge in [-0.1, -0.05) is 27.7 Å². The fraction of sp³-hybridized carbons (Fsp3) is 0.652. The number of rotatable bonds is 4. The van der Waals surface area contributed by atoms with Crippen LogP contribution >= 0.6 is 0 Å². The van der Waals surface area contributed by atoms with Crippen molar-refractivity contribution in [3.63, 3.8) is 0 Å². The van der Waals surface area contributed by atoms with Crippen molar-refractivity contribution in [2.75, 3.05) is 0 Å². The molecule has 1 aromatic rings. The summed E-state index contributed by atoms with van der Waals surface area (Å²) in [5.41, 5.74) is 0.0858. The molecule has 3 aliphatic carbocycles. The van der Waals surface area contributed by atoms with Crippen molar-refractivity contribution in [3.05, 3.63) is 16.7 Å². The van der Waals surface area contributed by atoms with Gasteiger partial charge in [-0.05, 0) is 43.4 Å². The van der Waals surface area contributed by atoms with Crippen LogP contribution in [-0.4, -0.2) is 27.9 Å². The van der Waals surface area contributed by atoms with Crippen molar-refractivity contribution in [1.29, 1.82) is 0 Å². The van der Waals surface area contributed by atoms with Crippen LogP contribution in [-0.2, 0) is 6.42 Å². The average Bonchev–Trinajstić information content (AvgIpc) is 2.59. The lowest BCUT2D eigenvalue weighted by atomic mass is 9.41. The number of fused-ring (bicyclic) bond motifs is 1. The van der Waals surface area contributed by atoms with Crippen LogP contribution in [0.25, 0.3) is 0 Å². The molecule has 1 heterocycles. The average molecular weight is 386 g/mol. The molecule has 0 radical (unpaired) electrons. The number of phenolic OH excluding ortho intramolecular Hbond substituents is 2. The molecule has 3 saturated carbocycles. The number of ketones is 1. The van der Waals surface area contributed by atoms with Crippen molar-refractivity contribution in [1.82, 2.24) is 0 Å². The van der Waals surface area contributed by atoms with E-state index in [0.29, 0.717) is 30.1 Å². The van der Waals surface area contributed by atoms with Gasteiger partial charge in [0.1, 0.15) is 28.4 Å². The molecule has 1 aromatic carbocycles. The zero-order chi connectivity index (χ0) is 20.6. The number of Topliss-reactive ketones (excluding diaryl/α,β-unsaturated/α-hetero) is 1. The van der Waals surface area contributed by atoms with Gasteiger partial charge in [0.2, 0.25) is 0 Å². The normalized spacial score (nSPS) is 32.0. The number of hydrogen-bond donors (Lipinski definition) is 2. The van der Waals surface area contributed by atoms with E-state index >= 15 is 0 Å². The van der Waals surface area contributed by atoms with E-state index in [1.54, 1.807) is 0 Å². The molecule has 5 heteroatoms. The third-order valence-electron chi connectivity index (χ3n) is 7.84. The summed E-state index contributed by atoms with van der Waals surface area (Å²) in [5.74, 6) is 0.525. The van der Waals surface area contributed by atoms with Crippen molar-refractivity contribution in [2.45, 2.75) is 65.9 Å². The Balaban J connectivity index is 1.84. The van der Waals surface area contributed by atoms with Gasteiger partial charge < -0.3 is 14.9 Å². The Morgan fingerprint density at radius 1 is 1.18 bits per heavy atom. The second-order valence-corrected chi connectivity index (χ2v) is 10.2. The van der Waals surface area contributed by atoms with Crippen LogP contribution in [0.2, 0.25) is 0 Å². The lowest BCUT2D eigenvalue weighted by Gasteiger charge is -2.67. The van der Waals surface area contributed by atoms with Crippen molar-refractivity contribution in [3.8, 4) is 17.2 Å². The van der Waals surface area contributed by atoms with Gasteiger partial charge in [-0.25, -0.2) is 0 Å². The molecule has 4 atom stereocenters. The molecule has 3 fully saturated rings. The third kappa shape index (κ3) is 2.37. The summed E-state index contributed by atoms with van der Waals surface area (Å²) < 4.78 is 6.45. The van der Waals surface area contributed by atoms with E-state index < -0.39 is 11.4 Å². The molecule has 2 bridgehead atoms. The van der Waals surface area contributed by atoms with Crippen LogP contribution < -0.4 is 4.74 Å². The summed E-state index contributed by atoms with van der Waals surface area (Å²) in [7, 11) is 0. The molecular formula is C23H30O5. The van der Waals surface area contributed by atoms with Crippen LogP contribution in [0.1, 0.15) is 80.2 Å². The summed E-state index contributed by atoms with van der Waals surface area (Å²) in [5, 5.41) is 21.6. The van der Waals surface area contributed by atoms with Gasteiger partial charge in [-0.2, -0.15) is 0 Å². The van der Waals surface area contributed by atoms with Crippen molar-refractivity contribution >= 4 is 12.1 Å². The Hall–Kier alpha value is -2.04. The Kier molecular flexibility index (Phi) is 4.12. The number of carbonyl (C=O) groups is 2. The monoisotopic (exact) mass is 386 g/mol. The molecule has 4 aliphatic rings. The number of aromatic hydroxyl groups is 2. The Morgan fingerprint density at radius 2 is 1.86 bits per heavy atom. The van der Waals surface area contributed by atoms with Crippen LogP contribution in [0, 0.1) is 29.1 Å². The maximum absolute atomic E-state index is 12.7. The summed E-state index contributed by atoms with van der Waals surface area (Å²) in [6, 6.07) is 0. The van der Waals surface area contributed by atoms with E-state index in [1.807, 2.05) is 13.8 Å². The standard InChI is InChI=1S/C23H30O5/c1-11(2)6-16(25)18-19(26)14-8-13-7-12-9-17(22(12,3)4)23(13,5)28-21(14)15(10-24)20(18)27/h10-13,17,26-27H,6-9H2,1-5H3/t12-,13+,17+,23-/m1/s1. The van der Waals surface area contributed by atoms with Crippen LogP contribution in [0.4, 0.5) is 0 Å². The van der Waals surface area contributed by atoms with Gasteiger partial charge in [-0.3, -0.25) is 9.59 Å². The van der Waals surface area contributed by atoms with Crippen molar-refractivity contribution < 1.29 is 24.5 Å². The van der Waals surface area contributed by atoms with E-state index in [2.05, 4.69) is 20.8 Å². The molecule has 5 nitrogen and oxygen atoms in total. The highest BCUT2D eigenvalue weighted by molar-refractivity contribution is 6.05. The number of aldehydes is 1. The van der Waals surface area contributed by atoms with Crippen molar-refractivity contribution in [2.24, 2.45) is 29.1 Å². The molecule has 28 heavy (non-hydrogen) atoms. The zero-order valence-corrected chi connectivity index (χ0v) is 17.3. The second-order valence-electron chi connectivity index (χ2n) is 10.2. The first-order chi connectivity index (χ1) is 13.0. The molecule has 5 rings (SSSR count). The fourth-order valence-electron chi connectivity index (χ4n) is 6.08. The largest absolute Gasteiger partial charge is 0.507 e. The number of phenols is 2. The highest BCUT2D eigenvalue weighted by atomic mass is 16.5. The maximum atomic E-state index is 12.7. The van der Waals surface area contributed by atoms with E-state index in [0.717, 1.165) is 12.8 Å². The number of hydrogen-bond acceptors (Lipinski definition) is 5. The summed E-state index contributed by atoms with van der Waals surface area (Å²) >= 11 is 0. The number of benzene rings is 1. The lowest BCUT2D eigenvalue weighted by molar-refractivity contribution is -0.217. The smallest absolute Gasteiger partial charge is 0.170 e. The van der Waals surface area contributed by atoms with E-state index in [-0.39, 0.29) is 52.1 Å². The molecule has 152 valence electrons. The zero-order valence-electron chi connectivity index (χ0n) is 17.3. The van der Waals surface area contributed by atoms with E-state index in [9.17, 15) is 19.8 Å². The second kappa shape index (κ2) is 5.98. The SMILES string of the molecule is CC(C)CC(=O)c1c(O)c(C=O)c2c(c1O)C[C@@H]1C[C@@H]3C[C@@H](C3(C)C)[C@]1(C)O2. The Bertz CT molecular complexity index is 868. The van der Waals surface area contributed by atoms with Gasteiger partial charge in [0, 0.05) is 23.8 Å². The molecular weight excluding hydrogens is 356 g/mol. The van der Waals surface area contributed by atoms with Crippen LogP contribution in [0.5, 0.6) is 17.2 Å². The van der Waals surface area contributed by atoms with Crippen LogP contribution in [0.3, 0.4) is 0 Å². The lowest BCUT2D eigenvalue weighted by Crippen LogP contribution is -2.67. The predicted molar refractivity (Wildman–Crippen MR) is 105 cm³/mol. The quantitative estimate of drug-likeness (QED) is 0.587. The van der Waals surface area contributed by atoms with Gasteiger partial charge in [0.25, 0.3) is 0 Å². The molecule has 2 N–H and O–H groups in total. The van der Waals surface area contributed by atoms with E-state index in [4.69, 9.17) is 4.74 Å². The maximum Gasteiger partial charge on any atom is 0.170 e. The Morgan fingerprint density at radius 3 is 2.43 bits per heavy atom. The molecule has 1 aliphatic heterocycles. The van der Waals surface area contributed by atoms with Gasteiger partial charge in [-0.15, -0.1) is 0 Å². The minimum Gasteiger partial charge on any atom is -0.507 e. The molecule has 0 spiro atoms. The minimum atomic E-state index is -0.458. The minimum absolute atomic E-state index is 0.0150. The van der Waals surface area contributed by atoms with Crippen LogP contribution in [0.15, 0.2) is 0 Å². The first kappa shape index (κ1) is 19.3. The first-order valence-electron chi connectivity index (χ1n) is 10.3. The molecule has 0 unspecified atom stereocenters. The van der Waals surface area contributed by atoms with Gasteiger partial charge in [0.05, 0.1) is 5.56 Å². The predicted octanol–water partition coefficient (Wildman–Crippen LogP) is 4.51. The molecule has 0 aromatic heterocycles. The van der Waals surface area contributed by atoms with Gasteiger partial charge >= 0.3 is 0 Å². The fourth-order valence-corrected chi connectivity index (χ4v) is 6.08. The Labute approximate surface area is 166 Å². The number of ether oxygens (including phenoxy) is 1. The highest BCUT2D eigenvalue weighted by Gasteiger charge is 2.65. The summed E-state index contributed by atoms with van der Waals surface area (Å²) in [4.78, 5) is 24.5. The van der Waals surface area contributed by atoms with Gasteiger partial charge in [0.15, 0.2) is 12.1 Å². The molecule has 0 saturated heterocycles. The third-order valence-corrected chi connectivity index (χ3v) is 7.84. The summed E-state index contributed by atoms with van der Waals surface area (Å²) in [6.45, 7) is 10.4. The first-order valence-corrected chi connectivity index (χ1v) is 10.3. The molecule has 0 amide bonds. The topological polar surface area (TPSA) is 83.8 Å². The van der Waals surface area contributed by atoms with E-state index in [1.165, 1.54) is 0 Å².